The maximum atomic E-state index is 12.8. The molecule has 0 aromatic heterocycles. The van der Waals surface area contributed by atoms with Gasteiger partial charge in [-0.05, 0) is 90.4 Å². The number of hydrogen-bond donors (Lipinski definition) is 3. The molecular weight excluding hydrogens is 692 g/mol. The molecule has 0 aliphatic carbocycles. The van der Waals surface area contributed by atoms with E-state index >= 15 is 0 Å². The smallest absolute Gasteiger partial charge is 0.338 e. The van der Waals surface area contributed by atoms with Crippen molar-refractivity contribution in [2.24, 2.45) is 5.10 Å². The maximum Gasteiger partial charge on any atom is 0.338 e. The van der Waals surface area contributed by atoms with Gasteiger partial charge in [-0.25, -0.2) is 10.2 Å². The van der Waals surface area contributed by atoms with Crippen molar-refractivity contribution in [3.05, 3.63) is 87.0 Å². The van der Waals surface area contributed by atoms with Gasteiger partial charge in [-0.3, -0.25) is 4.79 Å². The lowest BCUT2D eigenvalue weighted by molar-refractivity contribution is -0.139. The van der Waals surface area contributed by atoms with Crippen molar-refractivity contribution < 1.29 is 38.0 Å². The highest BCUT2D eigenvalue weighted by Gasteiger charge is 2.32. The van der Waals surface area contributed by atoms with Crippen LogP contribution in [0.5, 0.6) is 28.7 Å². The van der Waals surface area contributed by atoms with Crippen molar-refractivity contribution >= 4 is 51.4 Å². The van der Waals surface area contributed by atoms with Gasteiger partial charge in [-0.15, -0.1) is 0 Å². The van der Waals surface area contributed by atoms with Crippen LogP contribution >= 0.6 is 28.1 Å². The molecule has 0 spiro atoms. The topological polar surface area (TPSA) is 138 Å². The van der Waals surface area contributed by atoms with Gasteiger partial charge in [0.1, 0.15) is 12.4 Å². The van der Waals surface area contributed by atoms with Gasteiger partial charge in [-0.1, -0.05) is 24.3 Å². The number of nitrogens with one attached hydrogen (secondary N) is 3. The molecule has 2 aliphatic rings. The second kappa shape index (κ2) is 15.6. The van der Waals surface area contributed by atoms with Crippen LogP contribution in [0.2, 0.25) is 0 Å². The zero-order valence-electron chi connectivity index (χ0n) is 25.9. The number of amides is 1. The van der Waals surface area contributed by atoms with Crippen LogP contribution in [0.1, 0.15) is 43.5 Å². The summed E-state index contributed by atoms with van der Waals surface area (Å²) in [5.41, 5.74) is 5.59. The third-order valence-corrected chi connectivity index (χ3v) is 7.72. The Labute approximate surface area is 285 Å². The first-order valence-electron chi connectivity index (χ1n) is 14.7. The molecule has 5 rings (SSSR count). The molecule has 47 heavy (non-hydrogen) atoms. The SMILES string of the molecule is CCOC(=O)C1=C(C)NC(=S)N[C@H]1c1ccccc1OCC(=O)NN=Cc1cc(Br)c(OCc2ccc3c(c2)OCO3)c(OCC)c1. The second-order valence-corrected chi connectivity index (χ2v) is 11.4. The van der Waals surface area contributed by atoms with Crippen molar-refractivity contribution in [1.82, 2.24) is 16.1 Å². The molecule has 0 unspecified atom stereocenters. The number of fused-ring (bicyclic) bond motifs is 1. The number of ether oxygens (including phenoxy) is 6. The van der Waals surface area contributed by atoms with E-state index < -0.39 is 17.9 Å². The fraction of sp³-hybridized carbons (Fsp3) is 0.273. The fourth-order valence-electron chi connectivity index (χ4n) is 4.86. The van der Waals surface area contributed by atoms with E-state index in [-0.39, 0.29) is 26.6 Å². The van der Waals surface area contributed by atoms with Crippen molar-refractivity contribution in [1.29, 1.82) is 0 Å². The summed E-state index contributed by atoms with van der Waals surface area (Å²) >= 11 is 8.90. The van der Waals surface area contributed by atoms with Gasteiger partial charge in [0.15, 0.2) is 34.7 Å². The molecule has 14 heteroatoms. The molecule has 3 aromatic rings. The van der Waals surface area contributed by atoms with Crippen LogP contribution in [0.15, 0.2) is 75.4 Å². The van der Waals surface area contributed by atoms with Gasteiger partial charge < -0.3 is 39.1 Å². The number of carbonyl (C=O) groups is 2. The number of hydrogen-bond acceptors (Lipinski definition) is 10. The number of nitrogens with zero attached hydrogens (tertiary/aromatic N) is 1. The molecule has 2 aliphatic heterocycles. The molecule has 0 radical (unpaired) electrons. The summed E-state index contributed by atoms with van der Waals surface area (Å²) in [4.78, 5) is 25.5. The van der Waals surface area contributed by atoms with E-state index in [2.05, 4.69) is 37.1 Å². The predicted molar refractivity (Wildman–Crippen MR) is 181 cm³/mol. The molecule has 0 saturated carbocycles. The van der Waals surface area contributed by atoms with E-state index in [1.807, 2.05) is 25.1 Å². The maximum absolute atomic E-state index is 12.8. The van der Waals surface area contributed by atoms with Gasteiger partial charge in [0.2, 0.25) is 6.79 Å². The number of benzene rings is 3. The summed E-state index contributed by atoms with van der Waals surface area (Å²) in [6.07, 6.45) is 1.49. The zero-order valence-corrected chi connectivity index (χ0v) is 28.3. The molecule has 3 N–H and O–H groups in total. The Morgan fingerprint density at radius 1 is 1.04 bits per heavy atom. The molecule has 246 valence electrons. The van der Waals surface area contributed by atoms with Crippen LogP contribution in [0.3, 0.4) is 0 Å². The number of rotatable bonds is 13. The second-order valence-electron chi connectivity index (χ2n) is 10.1. The summed E-state index contributed by atoms with van der Waals surface area (Å²) in [6.45, 7) is 6.14. The molecule has 1 atom stereocenters. The predicted octanol–water partition coefficient (Wildman–Crippen LogP) is 5.04. The average Bonchev–Trinajstić information content (AvgIpc) is 3.51. The summed E-state index contributed by atoms with van der Waals surface area (Å²) in [5, 5.41) is 10.5. The van der Waals surface area contributed by atoms with E-state index in [9.17, 15) is 9.59 Å². The van der Waals surface area contributed by atoms with Crippen LogP contribution in [0.4, 0.5) is 0 Å². The molecule has 2 heterocycles. The summed E-state index contributed by atoms with van der Waals surface area (Å²) in [7, 11) is 0. The fourth-order valence-corrected chi connectivity index (χ4v) is 5.71. The Bertz CT molecular complexity index is 1730. The normalized spacial score (nSPS) is 15.1. The number of esters is 1. The molecular formula is C33H33BrN4O8S. The summed E-state index contributed by atoms with van der Waals surface area (Å²) in [6, 6.07) is 15.6. The van der Waals surface area contributed by atoms with Crippen molar-refractivity contribution in [3.8, 4) is 28.7 Å². The number of hydrazone groups is 1. The van der Waals surface area contributed by atoms with Crippen molar-refractivity contribution in [3.63, 3.8) is 0 Å². The van der Waals surface area contributed by atoms with Crippen molar-refractivity contribution in [2.45, 2.75) is 33.4 Å². The Balaban J connectivity index is 1.22. The third-order valence-electron chi connectivity index (χ3n) is 6.91. The van der Waals surface area contributed by atoms with E-state index in [1.54, 1.807) is 50.2 Å². The first kappa shape index (κ1) is 33.5. The molecule has 12 nitrogen and oxygen atoms in total. The molecule has 1 amide bonds. The minimum Gasteiger partial charge on any atom is -0.490 e. The number of halogens is 1. The van der Waals surface area contributed by atoms with Crippen LogP contribution in [0, 0.1) is 0 Å². The lowest BCUT2D eigenvalue weighted by atomic mass is 9.95. The van der Waals surface area contributed by atoms with E-state index in [0.717, 1.165) is 5.56 Å². The highest BCUT2D eigenvalue weighted by molar-refractivity contribution is 9.10. The monoisotopic (exact) mass is 724 g/mol. The molecule has 0 bridgehead atoms. The number of para-hydroxylation sites is 1. The van der Waals surface area contributed by atoms with E-state index in [0.29, 0.717) is 67.3 Å². The van der Waals surface area contributed by atoms with Gasteiger partial charge >= 0.3 is 5.97 Å². The van der Waals surface area contributed by atoms with Crippen LogP contribution in [-0.2, 0) is 20.9 Å². The van der Waals surface area contributed by atoms with Gasteiger partial charge in [-0.2, -0.15) is 5.10 Å². The minimum absolute atomic E-state index is 0.201. The Morgan fingerprint density at radius 3 is 2.66 bits per heavy atom. The summed E-state index contributed by atoms with van der Waals surface area (Å²) in [5.74, 6) is 1.83. The standard InChI is InChI=1S/C33H33BrN4O8S/c1-4-41-27-14-21(12-23(34)31(27)44-16-20-10-11-25-26(13-20)46-18-45-25)15-35-38-28(39)17-43-24-9-7-6-8-22(24)30-29(32(40)42-5-2)19(3)36-33(47)37-30/h6-15,30H,4-5,16-18H2,1-3H3,(H,38,39)(H2,36,37,47)/t30-/m0/s1. The van der Waals surface area contributed by atoms with Gasteiger partial charge in [0.25, 0.3) is 5.91 Å². The van der Waals surface area contributed by atoms with Crippen LogP contribution < -0.4 is 39.7 Å². The molecule has 0 saturated heterocycles. The van der Waals surface area contributed by atoms with E-state index in [4.69, 9.17) is 40.6 Å². The van der Waals surface area contributed by atoms with E-state index in [1.165, 1.54) is 6.21 Å². The van der Waals surface area contributed by atoms with Crippen LogP contribution in [0.25, 0.3) is 0 Å². The summed E-state index contributed by atoms with van der Waals surface area (Å²) < 4.78 is 34.5. The first-order valence-corrected chi connectivity index (χ1v) is 15.9. The molecule has 3 aromatic carbocycles. The molecule has 0 fully saturated rings. The Hall–Kier alpha value is -4.82. The third kappa shape index (κ3) is 8.32. The largest absolute Gasteiger partial charge is 0.490 e. The zero-order chi connectivity index (χ0) is 33.3. The highest BCUT2D eigenvalue weighted by atomic mass is 79.9. The minimum atomic E-state index is -0.637. The Morgan fingerprint density at radius 2 is 1.85 bits per heavy atom. The first-order chi connectivity index (χ1) is 22.8. The number of allylic oxidation sites excluding steroid dienone is 1. The van der Waals surface area contributed by atoms with Crippen LogP contribution in [-0.4, -0.2) is 49.8 Å². The number of carbonyl (C=O) groups excluding carboxylic acids is 2. The van der Waals surface area contributed by atoms with Crippen molar-refractivity contribution in [2.75, 3.05) is 26.6 Å². The highest BCUT2D eigenvalue weighted by Crippen LogP contribution is 2.38. The lowest BCUT2D eigenvalue weighted by Crippen LogP contribution is -2.45. The average molecular weight is 726 g/mol. The Kier molecular flexibility index (Phi) is 11.2. The number of thiocarbonyl (C=S) groups is 1. The lowest BCUT2D eigenvalue weighted by Gasteiger charge is -2.30. The quantitative estimate of drug-likeness (QED) is 0.0946. The van der Waals surface area contributed by atoms with Gasteiger partial charge in [0.05, 0.1) is 35.5 Å². The van der Waals surface area contributed by atoms with Gasteiger partial charge in [0, 0.05) is 11.3 Å².